The fraction of sp³-hybridized carbons (Fsp3) is 0.464. The van der Waals surface area contributed by atoms with E-state index in [9.17, 15) is 18.8 Å². The Bertz CT molecular complexity index is 1270. The number of hydrogen-bond acceptors (Lipinski definition) is 9. The highest BCUT2D eigenvalue weighted by atomic mass is 19.1. The topological polar surface area (TPSA) is 146 Å². The van der Waals surface area contributed by atoms with Crippen molar-refractivity contribution in [3.63, 3.8) is 0 Å². The largest absolute Gasteiger partial charge is 0.489 e. The fourth-order valence-electron chi connectivity index (χ4n) is 3.67. The number of halogens is 1. The van der Waals surface area contributed by atoms with Crippen molar-refractivity contribution >= 4 is 35.0 Å². The molecule has 2 aromatic rings. The molecule has 0 radical (unpaired) electrons. The summed E-state index contributed by atoms with van der Waals surface area (Å²) in [4.78, 5) is 50.9. The summed E-state index contributed by atoms with van der Waals surface area (Å²) in [6, 6.07) is 3.24. The zero-order chi connectivity index (χ0) is 30.9. The number of carbonyl (C=O) groups is 3. The molecular weight excluding hydrogens is 531 g/mol. The standard InChI is InChI=1S/C28H41FN8O4/c1-9-22-27(36(6)7)34-26(24(33-22)25(30)39)32-20-13-19(29)14-21(15-20)41-17(2)16-31-28(40)18(3)37(8)23(38)11-10-12-35(4)5/h10-11,13-15,17-18H,9,12,16H2,1-8H3,(H2,30,39)(H,31,40)(H,32,34)/b11-10+/t17-,18?/m0/s1. The van der Waals surface area contributed by atoms with Crippen LogP contribution in [-0.4, -0.2) is 98.0 Å². The highest BCUT2D eigenvalue weighted by Gasteiger charge is 2.22. The van der Waals surface area contributed by atoms with Gasteiger partial charge in [0.15, 0.2) is 17.3 Å². The van der Waals surface area contributed by atoms with E-state index in [1.54, 1.807) is 46.0 Å². The molecule has 13 heteroatoms. The summed E-state index contributed by atoms with van der Waals surface area (Å²) in [6.07, 6.45) is 3.16. The average Bonchev–Trinajstić information content (AvgIpc) is 2.89. The average molecular weight is 573 g/mol. The molecule has 4 N–H and O–H groups in total. The zero-order valence-electron chi connectivity index (χ0n) is 25.0. The molecule has 0 aliphatic carbocycles. The lowest BCUT2D eigenvalue weighted by molar-refractivity contribution is -0.135. The second-order valence-corrected chi connectivity index (χ2v) is 10.1. The van der Waals surface area contributed by atoms with Gasteiger partial charge in [0, 0.05) is 51.6 Å². The van der Waals surface area contributed by atoms with E-state index >= 15 is 0 Å². The maximum Gasteiger partial charge on any atom is 0.271 e. The third-order valence-electron chi connectivity index (χ3n) is 6.01. The van der Waals surface area contributed by atoms with Gasteiger partial charge in [0.25, 0.3) is 5.91 Å². The maximum absolute atomic E-state index is 14.5. The molecule has 1 aromatic carbocycles. The number of primary amides is 1. The van der Waals surface area contributed by atoms with E-state index in [1.165, 1.54) is 29.2 Å². The number of nitrogens with zero attached hydrogens (tertiary/aromatic N) is 5. The Hall–Kier alpha value is -4.26. The molecule has 3 amide bonds. The minimum Gasteiger partial charge on any atom is -0.489 e. The van der Waals surface area contributed by atoms with E-state index in [0.717, 1.165) is 0 Å². The number of anilines is 3. The highest BCUT2D eigenvalue weighted by Crippen LogP contribution is 2.27. The Morgan fingerprint density at radius 3 is 2.37 bits per heavy atom. The molecule has 0 bridgehead atoms. The number of nitrogens with one attached hydrogen (secondary N) is 2. The van der Waals surface area contributed by atoms with Crippen LogP contribution in [0.25, 0.3) is 0 Å². The Kier molecular flexibility index (Phi) is 12.0. The first-order chi connectivity index (χ1) is 19.2. The lowest BCUT2D eigenvalue weighted by atomic mass is 10.2. The first-order valence-corrected chi connectivity index (χ1v) is 13.2. The maximum atomic E-state index is 14.5. The van der Waals surface area contributed by atoms with Crippen molar-refractivity contribution in [1.29, 1.82) is 0 Å². The molecule has 0 spiro atoms. The molecule has 1 aromatic heterocycles. The monoisotopic (exact) mass is 572 g/mol. The van der Waals surface area contributed by atoms with Gasteiger partial charge in [-0.2, -0.15) is 0 Å². The van der Waals surface area contributed by atoms with Crippen LogP contribution in [0.5, 0.6) is 5.75 Å². The van der Waals surface area contributed by atoms with E-state index in [4.69, 9.17) is 10.5 Å². The summed E-state index contributed by atoms with van der Waals surface area (Å²) in [6.45, 7) is 5.95. The minimum absolute atomic E-state index is 0.0685. The molecule has 224 valence electrons. The van der Waals surface area contributed by atoms with Gasteiger partial charge in [-0.25, -0.2) is 14.4 Å². The molecule has 1 unspecified atom stereocenters. The zero-order valence-corrected chi connectivity index (χ0v) is 25.0. The number of likely N-dealkylation sites (N-methyl/N-ethyl adjacent to an activating group) is 2. The van der Waals surface area contributed by atoms with Gasteiger partial charge in [-0.1, -0.05) is 13.0 Å². The van der Waals surface area contributed by atoms with Crippen LogP contribution < -0.4 is 26.0 Å². The summed E-state index contributed by atoms with van der Waals surface area (Å²) in [5, 5.41) is 5.68. The Labute approximate surface area is 240 Å². The van der Waals surface area contributed by atoms with Crippen molar-refractivity contribution in [2.75, 3.05) is 58.5 Å². The van der Waals surface area contributed by atoms with Crippen LogP contribution in [-0.2, 0) is 16.0 Å². The Morgan fingerprint density at radius 1 is 1.10 bits per heavy atom. The van der Waals surface area contributed by atoms with Gasteiger partial charge in [-0.15, -0.1) is 0 Å². The van der Waals surface area contributed by atoms with Gasteiger partial charge < -0.3 is 35.8 Å². The van der Waals surface area contributed by atoms with E-state index in [-0.39, 0.29) is 41.3 Å². The molecule has 2 atom stereocenters. The van der Waals surface area contributed by atoms with Gasteiger partial charge in [-0.3, -0.25) is 14.4 Å². The summed E-state index contributed by atoms with van der Waals surface area (Å²) in [7, 11) is 8.93. The second kappa shape index (κ2) is 14.9. The summed E-state index contributed by atoms with van der Waals surface area (Å²) < 4.78 is 20.3. The molecule has 0 aliphatic heterocycles. The molecule has 0 saturated heterocycles. The van der Waals surface area contributed by atoms with Crippen LogP contribution in [0.1, 0.15) is 37.0 Å². The van der Waals surface area contributed by atoms with Crippen LogP contribution >= 0.6 is 0 Å². The number of rotatable bonds is 14. The third-order valence-corrected chi connectivity index (χ3v) is 6.01. The van der Waals surface area contributed by atoms with Gasteiger partial charge in [0.2, 0.25) is 11.8 Å². The number of nitrogens with two attached hydrogens (primary N) is 1. The van der Waals surface area contributed by atoms with Crippen molar-refractivity contribution in [2.24, 2.45) is 5.73 Å². The summed E-state index contributed by atoms with van der Waals surface area (Å²) >= 11 is 0. The van der Waals surface area contributed by atoms with Crippen molar-refractivity contribution in [3.8, 4) is 5.75 Å². The van der Waals surface area contributed by atoms with Gasteiger partial charge >= 0.3 is 0 Å². The number of benzene rings is 1. The van der Waals surface area contributed by atoms with E-state index < -0.39 is 23.9 Å². The molecule has 0 aliphatic rings. The van der Waals surface area contributed by atoms with E-state index in [2.05, 4.69) is 20.6 Å². The van der Waals surface area contributed by atoms with Gasteiger partial charge in [0.05, 0.1) is 12.2 Å². The molecular formula is C28H41FN8O4. The predicted octanol–water partition coefficient (Wildman–Crippen LogP) is 1.93. The number of amides is 3. The van der Waals surface area contributed by atoms with Crippen molar-refractivity contribution in [1.82, 2.24) is 25.1 Å². The SMILES string of the molecule is CCc1nc(C(N)=O)c(Nc2cc(F)cc(O[C@@H](C)CNC(=O)C(C)N(C)C(=O)/C=C/CN(C)C)c2)nc1N(C)C. The number of aryl methyl sites for hydroxylation is 1. The smallest absolute Gasteiger partial charge is 0.271 e. The number of aromatic nitrogens is 2. The van der Waals surface area contributed by atoms with Gasteiger partial charge in [-0.05, 0) is 40.4 Å². The first-order valence-electron chi connectivity index (χ1n) is 13.2. The normalized spacial score (nSPS) is 12.6. The van der Waals surface area contributed by atoms with Crippen LogP contribution in [0.2, 0.25) is 0 Å². The van der Waals surface area contributed by atoms with Crippen LogP contribution in [0.15, 0.2) is 30.4 Å². The van der Waals surface area contributed by atoms with Crippen LogP contribution in [0.3, 0.4) is 0 Å². The lowest BCUT2D eigenvalue weighted by Crippen LogP contribution is -2.47. The highest BCUT2D eigenvalue weighted by molar-refractivity contribution is 5.96. The quantitative estimate of drug-likeness (QED) is 0.289. The molecule has 12 nitrogen and oxygen atoms in total. The lowest BCUT2D eigenvalue weighted by Gasteiger charge is -2.24. The summed E-state index contributed by atoms with van der Waals surface area (Å²) in [5.74, 6) is -1.20. The van der Waals surface area contributed by atoms with E-state index in [1.807, 2.05) is 25.9 Å². The van der Waals surface area contributed by atoms with Crippen molar-refractivity contribution < 1.29 is 23.5 Å². The summed E-state index contributed by atoms with van der Waals surface area (Å²) in [5.41, 5.74) is 6.32. The Morgan fingerprint density at radius 2 is 1.78 bits per heavy atom. The number of hydrogen-bond donors (Lipinski definition) is 3. The molecule has 0 fully saturated rings. The molecule has 1 heterocycles. The third kappa shape index (κ3) is 9.71. The minimum atomic E-state index is -0.775. The van der Waals surface area contributed by atoms with Crippen LogP contribution in [0.4, 0.5) is 21.7 Å². The predicted molar refractivity (Wildman–Crippen MR) is 157 cm³/mol. The van der Waals surface area contributed by atoms with Crippen LogP contribution in [0, 0.1) is 5.82 Å². The molecule has 2 rings (SSSR count). The Balaban J connectivity index is 2.09. The van der Waals surface area contributed by atoms with Gasteiger partial charge in [0.1, 0.15) is 23.7 Å². The van der Waals surface area contributed by atoms with E-state index in [0.29, 0.717) is 24.5 Å². The molecule has 41 heavy (non-hydrogen) atoms. The van der Waals surface area contributed by atoms with Crippen molar-refractivity contribution in [3.05, 3.63) is 47.6 Å². The number of ether oxygens (including phenoxy) is 1. The van der Waals surface area contributed by atoms with Crippen molar-refractivity contribution in [2.45, 2.75) is 39.3 Å². The fourth-order valence-corrected chi connectivity index (χ4v) is 3.67. The molecule has 0 saturated carbocycles. The second-order valence-electron chi connectivity index (χ2n) is 10.1. The number of carbonyl (C=O) groups excluding carboxylic acids is 3. The first kappa shape index (κ1) is 32.9.